The maximum Gasteiger partial charge on any atom is 0.222 e. The number of hydrogen-bond donors (Lipinski definition) is 5. The molecule has 11 nitrogen and oxygen atoms in total. The molecule has 2 aromatic heterocycles. The summed E-state index contributed by atoms with van der Waals surface area (Å²) in [6.07, 6.45) is -3.04. The van der Waals surface area contributed by atoms with E-state index in [-0.39, 0.29) is 24.0 Å². The van der Waals surface area contributed by atoms with E-state index < -0.39 is 31.1 Å². The highest BCUT2D eigenvalue weighted by molar-refractivity contribution is 5.77. The van der Waals surface area contributed by atoms with Crippen molar-refractivity contribution >= 4 is 23.0 Å². The molecule has 0 unspecified atom stereocenters. The van der Waals surface area contributed by atoms with Crippen LogP contribution in [0.3, 0.4) is 0 Å². The Balaban J connectivity index is 2.00. The third-order valence-electron chi connectivity index (χ3n) is 3.81. The number of rotatable bonds is 4. The van der Waals surface area contributed by atoms with Crippen LogP contribution in [0.1, 0.15) is 18.8 Å². The summed E-state index contributed by atoms with van der Waals surface area (Å²) in [6, 6.07) is 0. The van der Waals surface area contributed by atoms with E-state index in [1.807, 2.05) is 0 Å². The van der Waals surface area contributed by atoms with Gasteiger partial charge in [0.2, 0.25) is 11.9 Å². The number of aliphatic hydroxyl groups is 3. The molecule has 11 heteroatoms. The Labute approximate surface area is 136 Å². The number of anilines is 1. The maximum atomic E-state index is 11.1. The Morgan fingerprint density at radius 3 is 2.79 bits per heavy atom. The van der Waals surface area contributed by atoms with Crippen LogP contribution in [0.25, 0.3) is 11.2 Å². The molecular weight excluding hydrogens is 320 g/mol. The quantitative estimate of drug-likeness (QED) is 0.410. The smallest absolute Gasteiger partial charge is 0.222 e. The number of nitrogen functional groups attached to an aromatic ring is 1. The fourth-order valence-electron chi connectivity index (χ4n) is 2.62. The molecule has 1 saturated heterocycles. The lowest BCUT2D eigenvalue weighted by atomic mass is 10.1. The number of ether oxygens (including phenoxy) is 1. The number of imidazole rings is 1. The average molecular weight is 338 g/mol. The van der Waals surface area contributed by atoms with Gasteiger partial charge in [-0.05, 0) is 0 Å². The lowest BCUT2D eigenvalue weighted by Crippen LogP contribution is -2.33. The molecule has 0 saturated carbocycles. The van der Waals surface area contributed by atoms with E-state index in [4.69, 9.17) is 10.5 Å². The molecule has 1 aliphatic heterocycles. The highest BCUT2D eigenvalue weighted by Gasteiger charge is 2.44. The molecular formula is C13H18N6O5. The Morgan fingerprint density at radius 1 is 1.42 bits per heavy atom. The van der Waals surface area contributed by atoms with Crippen molar-refractivity contribution in [2.24, 2.45) is 0 Å². The molecule has 0 radical (unpaired) electrons. The first-order chi connectivity index (χ1) is 11.4. The molecule has 4 atom stereocenters. The molecule has 130 valence electrons. The minimum Gasteiger partial charge on any atom is -0.394 e. The molecule has 3 heterocycles. The van der Waals surface area contributed by atoms with Gasteiger partial charge in [-0.2, -0.15) is 4.98 Å². The lowest BCUT2D eigenvalue weighted by Gasteiger charge is -2.16. The zero-order chi connectivity index (χ0) is 17.4. The van der Waals surface area contributed by atoms with Gasteiger partial charge in [-0.1, -0.05) is 0 Å². The van der Waals surface area contributed by atoms with Gasteiger partial charge in [0.15, 0.2) is 11.9 Å². The number of aliphatic hydroxyl groups excluding tert-OH is 3. The van der Waals surface area contributed by atoms with E-state index in [9.17, 15) is 20.1 Å². The number of fused-ring (bicyclic) bond motifs is 1. The van der Waals surface area contributed by atoms with Gasteiger partial charge < -0.3 is 31.1 Å². The molecule has 0 spiro atoms. The summed E-state index contributed by atoms with van der Waals surface area (Å²) in [5.41, 5.74) is 6.79. The first-order valence-corrected chi connectivity index (χ1v) is 7.28. The van der Waals surface area contributed by atoms with E-state index in [0.717, 1.165) is 0 Å². The van der Waals surface area contributed by atoms with Crippen molar-refractivity contribution in [1.82, 2.24) is 24.8 Å². The van der Waals surface area contributed by atoms with Crippen LogP contribution in [-0.2, 0) is 16.1 Å². The van der Waals surface area contributed by atoms with Crippen LogP contribution < -0.4 is 11.1 Å². The van der Waals surface area contributed by atoms with Gasteiger partial charge >= 0.3 is 0 Å². The van der Waals surface area contributed by atoms with Crippen molar-refractivity contribution in [2.75, 3.05) is 12.3 Å². The van der Waals surface area contributed by atoms with E-state index in [1.54, 1.807) is 0 Å². The minimum atomic E-state index is -1.27. The van der Waals surface area contributed by atoms with Crippen LogP contribution in [0.5, 0.6) is 0 Å². The monoisotopic (exact) mass is 338 g/mol. The minimum absolute atomic E-state index is 0.0312. The molecule has 1 aliphatic rings. The van der Waals surface area contributed by atoms with Crippen molar-refractivity contribution in [3.63, 3.8) is 0 Å². The van der Waals surface area contributed by atoms with Gasteiger partial charge in [-0.3, -0.25) is 9.36 Å². The second kappa shape index (κ2) is 6.28. The Morgan fingerprint density at radius 2 is 2.17 bits per heavy atom. The van der Waals surface area contributed by atoms with Crippen molar-refractivity contribution in [3.05, 3.63) is 12.0 Å². The highest BCUT2D eigenvalue weighted by Crippen LogP contribution is 2.31. The molecule has 1 amide bonds. The second-order valence-corrected chi connectivity index (χ2v) is 5.49. The molecule has 1 fully saturated rings. The standard InChI is InChI=1S/C13H18N6O5/c1-5(21)15-2-6-8-11(18-13(14)17-6)19(4-16-8)12-10(23)9(22)7(3-20)24-12/h4,7,9-10,12,20,22-23H,2-3H2,1H3,(H,15,21)(H2,14,17,18)/t7-,9-,10-,12-/m1/s1. The maximum absolute atomic E-state index is 11.1. The van der Waals surface area contributed by atoms with Gasteiger partial charge in [-0.25, -0.2) is 9.97 Å². The number of carbonyl (C=O) groups excluding carboxylic acids is 1. The van der Waals surface area contributed by atoms with Crippen LogP contribution >= 0.6 is 0 Å². The number of hydrogen-bond acceptors (Lipinski definition) is 9. The molecule has 0 bridgehead atoms. The van der Waals surface area contributed by atoms with Crippen molar-refractivity contribution in [1.29, 1.82) is 0 Å². The number of nitrogens with two attached hydrogens (primary N) is 1. The van der Waals surface area contributed by atoms with E-state index >= 15 is 0 Å². The average Bonchev–Trinajstić information content (AvgIpc) is 3.07. The number of carbonyl (C=O) groups is 1. The Hall–Kier alpha value is -2.34. The molecule has 24 heavy (non-hydrogen) atoms. The summed E-state index contributed by atoms with van der Waals surface area (Å²) in [7, 11) is 0. The number of amides is 1. The topological polar surface area (TPSA) is 169 Å². The normalized spacial score (nSPS) is 26.8. The zero-order valence-electron chi connectivity index (χ0n) is 12.8. The van der Waals surface area contributed by atoms with Crippen LogP contribution in [0.2, 0.25) is 0 Å². The summed E-state index contributed by atoms with van der Waals surface area (Å²) >= 11 is 0. The summed E-state index contributed by atoms with van der Waals surface area (Å²) in [5.74, 6) is -0.264. The number of nitrogens with one attached hydrogen (secondary N) is 1. The van der Waals surface area contributed by atoms with Crippen LogP contribution in [0, 0.1) is 0 Å². The largest absolute Gasteiger partial charge is 0.394 e. The zero-order valence-corrected chi connectivity index (χ0v) is 12.8. The van der Waals surface area contributed by atoms with E-state index in [1.165, 1.54) is 17.8 Å². The van der Waals surface area contributed by atoms with Crippen LogP contribution in [-0.4, -0.2) is 65.7 Å². The molecule has 3 rings (SSSR count). The van der Waals surface area contributed by atoms with Gasteiger partial charge in [0.1, 0.15) is 23.8 Å². The predicted molar refractivity (Wildman–Crippen MR) is 80.3 cm³/mol. The highest BCUT2D eigenvalue weighted by atomic mass is 16.6. The Kier molecular flexibility index (Phi) is 4.32. The van der Waals surface area contributed by atoms with Crippen molar-refractivity contribution in [2.45, 2.75) is 38.0 Å². The first kappa shape index (κ1) is 16.5. The van der Waals surface area contributed by atoms with E-state index in [2.05, 4.69) is 20.3 Å². The molecule has 0 aromatic carbocycles. The SMILES string of the molecule is CC(=O)NCc1nc(N)nc2c1ncn2[C@@H]1O[C@H](CO)[C@@H](O)[C@H]1O. The fourth-order valence-corrected chi connectivity index (χ4v) is 2.62. The summed E-state index contributed by atoms with van der Waals surface area (Å²) in [4.78, 5) is 23.4. The molecule has 6 N–H and O–H groups in total. The third kappa shape index (κ3) is 2.78. The fraction of sp³-hybridized carbons (Fsp3) is 0.538. The predicted octanol–water partition coefficient (Wildman–Crippen LogP) is -2.34. The van der Waals surface area contributed by atoms with Crippen LogP contribution in [0.15, 0.2) is 6.33 Å². The molecule has 0 aliphatic carbocycles. The van der Waals surface area contributed by atoms with E-state index in [0.29, 0.717) is 11.2 Å². The van der Waals surface area contributed by atoms with Gasteiger partial charge in [0.05, 0.1) is 25.2 Å². The number of aromatic nitrogens is 4. The van der Waals surface area contributed by atoms with Gasteiger partial charge in [0.25, 0.3) is 0 Å². The van der Waals surface area contributed by atoms with Gasteiger partial charge in [-0.15, -0.1) is 0 Å². The number of nitrogens with zero attached hydrogens (tertiary/aromatic N) is 4. The summed E-state index contributed by atoms with van der Waals surface area (Å²) in [6.45, 7) is 1.05. The Bertz CT molecular complexity index is 765. The summed E-state index contributed by atoms with van der Waals surface area (Å²) in [5, 5.41) is 31.8. The van der Waals surface area contributed by atoms with Gasteiger partial charge in [0, 0.05) is 6.92 Å². The van der Waals surface area contributed by atoms with Crippen molar-refractivity contribution < 1.29 is 24.9 Å². The third-order valence-corrected chi connectivity index (χ3v) is 3.81. The molecule has 2 aromatic rings. The first-order valence-electron chi connectivity index (χ1n) is 7.28. The van der Waals surface area contributed by atoms with Crippen molar-refractivity contribution in [3.8, 4) is 0 Å². The second-order valence-electron chi connectivity index (χ2n) is 5.49. The lowest BCUT2D eigenvalue weighted by molar-refractivity contribution is -0.119. The van der Waals surface area contributed by atoms with Crippen LogP contribution in [0.4, 0.5) is 5.95 Å². The summed E-state index contributed by atoms with van der Waals surface area (Å²) < 4.78 is 6.88.